The number of nitrogens with one attached hydrogen (secondary N) is 1. The molecule has 1 N–H and O–H groups in total. The summed E-state index contributed by atoms with van der Waals surface area (Å²) in [4.78, 5) is 23.5. The molecule has 2 aliphatic rings. The second kappa shape index (κ2) is 4.53. The molecule has 0 aromatic heterocycles. The van der Waals surface area contributed by atoms with E-state index in [1.165, 1.54) is 0 Å². The summed E-state index contributed by atoms with van der Waals surface area (Å²) in [5.41, 5.74) is 0.691. The summed E-state index contributed by atoms with van der Waals surface area (Å²) in [6, 6.07) is 9.09. The Hall–Kier alpha value is -2.10. The van der Waals surface area contributed by atoms with Crippen LogP contribution in [0.2, 0.25) is 0 Å². The van der Waals surface area contributed by atoms with Crippen LogP contribution in [0, 0.1) is 23.7 Å². The average Bonchev–Trinajstić information content (AvgIpc) is 2.99. The Morgan fingerprint density at radius 2 is 1.68 bits per heavy atom. The molecular weight excluding hydrogens is 242 g/mol. The predicted molar refractivity (Wildman–Crippen MR) is 67.8 cm³/mol. The zero-order chi connectivity index (χ0) is 13.4. The fourth-order valence-electron chi connectivity index (χ4n) is 3.25. The highest BCUT2D eigenvalue weighted by atomic mass is 16.4. The van der Waals surface area contributed by atoms with Gasteiger partial charge >= 0.3 is 0 Å². The van der Waals surface area contributed by atoms with Crippen molar-refractivity contribution >= 4 is 17.6 Å². The summed E-state index contributed by atoms with van der Waals surface area (Å²) in [5, 5.41) is 14.0. The zero-order valence-electron chi connectivity index (χ0n) is 10.3. The Morgan fingerprint density at radius 1 is 1.05 bits per heavy atom. The molecule has 0 aliphatic heterocycles. The molecule has 0 saturated heterocycles. The highest BCUT2D eigenvalue weighted by molar-refractivity contribution is 5.96. The fourth-order valence-corrected chi connectivity index (χ4v) is 3.25. The number of anilines is 1. The third kappa shape index (κ3) is 2.03. The summed E-state index contributed by atoms with van der Waals surface area (Å²) < 4.78 is 0. The van der Waals surface area contributed by atoms with Gasteiger partial charge in [-0.1, -0.05) is 30.4 Å². The van der Waals surface area contributed by atoms with E-state index in [9.17, 15) is 14.7 Å². The molecule has 1 amide bonds. The topological polar surface area (TPSA) is 69.2 Å². The number of carbonyl (C=O) groups is 2. The van der Waals surface area contributed by atoms with E-state index in [1.807, 2.05) is 30.4 Å². The van der Waals surface area contributed by atoms with Gasteiger partial charge in [0.05, 0.1) is 5.92 Å². The number of amides is 1. The van der Waals surface area contributed by atoms with Crippen LogP contribution in [0.15, 0.2) is 42.5 Å². The number of carboxylic acids is 1. The van der Waals surface area contributed by atoms with Gasteiger partial charge in [-0.3, -0.25) is 4.79 Å². The average molecular weight is 256 g/mol. The molecule has 1 fully saturated rings. The van der Waals surface area contributed by atoms with E-state index in [-0.39, 0.29) is 17.7 Å². The minimum atomic E-state index is -1.12. The van der Waals surface area contributed by atoms with Crippen molar-refractivity contribution in [1.29, 1.82) is 0 Å². The molecule has 98 valence electrons. The van der Waals surface area contributed by atoms with E-state index < -0.39 is 17.8 Å². The number of para-hydroxylation sites is 1. The van der Waals surface area contributed by atoms with Crippen LogP contribution in [0.3, 0.4) is 0 Å². The van der Waals surface area contributed by atoms with Gasteiger partial charge in [-0.05, 0) is 30.4 Å². The van der Waals surface area contributed by atoms with Crippen LogP contribution in [-0.2, 0) is 9.59 Å². The number of carboxylic acid groups (broad SMARTS) is 1. The maximum Gasteiger partial charge on any atom is 0.228 e. The monoisotopic (exact) mass is 256 g/mol. The van der Waals surface area contributed by atoms with Crippen LogP contribution in [0.25, 0.3) is 0 Å². The highest BCUT2D eigenvalue weighted by Crippen LogP contribution is 2.48. The quantitative estimate of drug-likeness (QED) is 0.814. The molecule has 4 heteroatoms. The number of carbonyl (C=O) groups excluding carboxylic acids is 2. The molecule has 1 aromatic rings. The van der Waals surface area contributed by atoms with Crippen molar-refractivity contribution in [2.45, 2.75) is 6.42 Å². The Bertz CT molecular complexity index is 538. The molecule has 0 heterocycles. The fraction of sp³-hybridized carbons (Fsp3) is 0.333. The van der Waals surface area contributed by atoms with Crippen molar-refractivity contribution < 1.29 is 14.7 Å². The van der Waals surface area contributed by atoms with E-state index in [0.29, 0.717) is 5.69 Å². The third-order valence-electron chi connectivity index (χ3n) is 4.08. The SMILES string of the molecule is O=C([O-])[C@H]1[C@H](C(=O)Nc2ccccc2)[C@H]2C=C[C@H]1C2. The van der Waals surface area contributed by atoms with E-state index in [2.05, 4.69) is 5.32 Å². The molecule has 19 heavy (non-hydrogen) atoms. The minimum Gasteiger partial charge on any atom is -0.550 e. The van der Waals surface area contributed by atoms with Crippen LogP contribution in [-0.4, -0.2) is 11.9 Å². The lowest BCUT2D eigenvalue weighted by atomic mass is 9.82. The van der Waals surface area contributed by atoms with Gasteiger partial charge in [-0.2, -0.15) is 0 Å². The van der Waals surface area contributed by atoms with Gasteiger partial charge in [0.15, 0.2) is 0 Å². The van der Waals surface area contributed by atoms with E-state index in [0.717, 1.165) is 6.42 Å². The number of hydrogen-bond donors (Lipinski definition) is 1. The first-order valence-corrected chi connectivity index (χ1v) is 6.42. The van der Waals surface area contributed by atoms with Gasteiger partial charge in [0, 0.05) is 17.6 Å². The summed E-state index contributed by atoms with van der Waals surface area (Å²) in [6.07, 6.45) is 4.60. The molecule has 2 bridgehead atoms. The van der Waals surface area contributed by atoms with Crippen molar-refractivity contribution in [2.24, 2.45) is 23.7 Å². The van der Waals surface area contributed by atoms with Crippen molar-refractivity contribution in [3.8, 4) is 0 Å². The van der Waals surface area contributed by atoms with Gasteiger partial charge in [-0.25, -0.2) is 0 Å². The van der Waals surface area contributed by atoms with Gasteiger partial charge in [0.2, 0.25) is 5.91 Å². The number of aliphatic carboxylic acids is 1. The lowest BCUT2D eigenvalue weighted by molar-refractivity contribution is -0.313. The number of benzene rings is 1. The lowest BCUT2D eigenvalue weighted by Gasteiger charge is -2.27. The molecule has 2 aliphatic carbocycles. The minimum absolute atomic E-state index is 0.0246. The maximum atomic E-state index is 12.3. The van der Waals surface area contributed by atoms with Crippen LogP contribution in [0.1, 0.15) is 6.42 Å². The molecule has 4 atom stereocenters. The predicted octanol–water partition coefficient (Wildman–Crippen LogP) is 0.813. The standard InChI is InChI=1S/C15H15NO3/c17-14(16-11-4-2-1-3-5-11)12-9-6-7-10(8-9)13(12)15(18)19/h1-7,9-10,12-13H,8H2,(H,16,17)(H,18,19)/p-1/t9-,10-,12+,13+/m0/s1. The normalized spacial score (nSPS) is 31.4. The second-order valence-electron chi connectivity index (χ2n) is 5.17. The van der Waals surface area contributed by atoms with Gasteiger partial charge < -0.3 is 15.2 Å². The van der Waals surface area contributed by atoms with Crippen LogP contribution in [0.4, 0.5) is 5.69 Å². The second-order valence-corrected chi connectivity index (χ2v) is 5.17. The maximum absolute atomic E-state index is 12.3. The van der Waals surface area contributed by atoms with Crippen molar-refractivity contribution in [3.63, 3.8) is 0 Å². The summed E-state index contributed by atoms with van der Waals surface area (Å²) in [6.45, 7) is 0. The van der Waals surface area contributed by atoms with Gasteiger partial charge in [0.25, 0.3) is 0 Å². The molecule has 1 aromatic carbocycles. The van der Waals surface area contributed by atoms with Crippen molar-refractivity contribution in [3.05, 3.63) is 42.5 Å². The van der Waals surface area contributed by atoms with Crippen molar-refractivity contribution in [2.75, 3.05) is 5.32 Å². The van der Waals surface area contributed by atoms with Crippen LogP contribution < -0.4 is 10.4 Å². The van der Waals surface area contributed by atoms with E-state index >= 15 is 0 Å². The Morgan fingerprint density at radius 3 is 2.32 bits per heavy atom. The van der Waals surface area contributed by atoms with Gasteiger partial charge in [-0.15, -0.1) is 0 Å². The lowest BCUT2D eigenvalue weighted by Crippen LogP contribution is -2.42. The number of hydrogen-bond acceptors (Lipinski definition) is 3. The van der Waals surface area contributed by atoms with Gasteiger partial charge in [0.1, 0.15) is 0 Å². The number of rotatable bonds is 3. The molecule has 3 rings (SSSR count). The van der Waals surface area contributed by atoms with Crippen LogP contribution >= 0.6 is 0 Å². The summed E-state index contributed by atoms with van der Waals surface area (Å²) in [7, 11) is 0. The first-order chi connectivity index (χ1) is 9.16. The Kier molecular flexibility index (Phi) is 2.85. The largest absolute Gasteiger partial charge is 0.550 e. The third-order valence-corrected chi connectivity index (χ3v) is 4.08. The molecule has 4 nitrogen and oxygen atoms in total. The highest BCUT2D eigenvalue weighted by Gasteiger charge is 2.48. The van der Waals surface area contributed by atoms with E-state index in [4.69, 9.17) is 0 Å². The Labute approximate surface area is 111 Å². The Balaban J connectivity index is 1.79. The molecule has 0 unspecified atom stereocenters. The van der Waals surface area contributed by atoms with Crippen LogP contribution in [0.5, 0.6) is 0 Å². The molecule has 1 saturated carbocycles. The smallest absolute Gasteiger partial charge is 0.228 e. The zero-order valence-corrected chi connectivity index (χ0v) is 10.3. The summed E-state index contributed by atoms with van der Waals surface area (Å²) >= 11 is 0. The molecular formula is C15H14NO3-. The summed E-state index contributed by atoms with van der Waals surface area (Å²) in [5.74, 6) is -2.58. The van der Waals surface area contributed by atoms with Crippen molar-refractivity contribution in [1.82, 2.24) is 0 Å². The molecule has 0 radical (unpaired) electrons. The number of fused-ring (bicyclic) bond motifs is 2. The molecule has 0 spiro atoms. The first kappa shape index (κ1) is 12.0. The first-order valence-electron chi connectivity index (χ1n) is 6.42. The van der Waals surface area contributed by atoms with E-state index in [1.54, 1.807) is 12.1 Å². The number of allylic oxidation sites excluding steroid dienone is 2.